The number of thioether (sulfide) groups is 1. The Hall–Kier alpha value is -2.47. The van der Waals surface area contributed by atoms with Crippen LogP contribution in [0.15, 0.2) is 77.7 Å². The highest BCUT2D eigenvalue weighted by Crippen LogP contribution is 2.25. The van der Waals surface area contributed by atoms with Crippen molar-refractivity contribution in [2.45, 2.75) is 51.1 Å². The van der Waals surface area contributed by atoms with E-state index < -0.39 is 6.04 Å². The molecule has 3 aromatic carbocycles. The van der Waals surface area contributed by atoms with Crippen LogP contribution in [0.1, 0.15) is 37.0 Å². The van der Waals surface area contributed by atoms with Gasteiger partial charge in [0, 0.05) is 46.6 Å². The first-order chi connectivity index (χ1) is 17.7. The SMILES string of the molecule is Cc1ccc(SCCC(=O)N(Cc2ccc(Cl)cc2Cl)[C@@H](Cc2ccccc2)C(=O)NCC(C)C)cc1. The van der Waals surface area contributed by atoms with Crippen LogP contribution in [-0.2, 0) is 22.6 Å². The molecule has 2 amide bonds. The average molecular weight is 558 g/mol. The fourth-order valence-corrected chi connectivity index (χ4v) is 5.15. The van der Waals surface area contributed by atoms with Crippen molar-refractivity contribution in [2.75, 3.05) is 12.3 Å². The van der Waals surface area contributed by atoms with Crippen molar-refractivity contribution in [2.24, 2.45) is 5.92 Å². The number of carbonyl (C=O) groups excluding carboxylic acids is 2. The second kappa shape index (κ2) is 14.5. The molecule has 0 unspecified atom stereocenters. The largest absolute Gasteiger partial charge is 0.354 e. The lowest BCUT2D eigenvalue weighted by molar-refractivity contribution is -0.141. The zero-order valence-electron chi connectivity index (χ0n) is 21.5. The molecule has 0 aliphatic heterocycles. The highest BCUT2D eigenvalue weighted by molar-refractivity contribution is 7.99. The zero-order chi connectivity index (χ0) is 26.8. The van der Waals surface area contributed by atoms with Gasteiger partial charge in [-0.2, -0.15) is 0 Å². The quantitative estimate of drug-likeness (QED) is 0.240. The maximum absolute atomic E-state index is 13.7. The summed E-state index contributed by atoms with van der Waals surface area (Å²) in [5.74, 6) is 0.647. The molecule has 0 aliphatic carbocycles. The van der Waals surface area contributed by atoms with Gasteiger partial charge in [0.1, 0.15) is 6.04 Å². The number of hydrogen-bond acceptors (Lipinski definition) is 3. The molecular formula is C30H34Cl2N2O2S. The second-order valence-corrected chi connectivity index (χ2v) is 11.5. The summed E-state index contributed by atoms with van der Waals surface area (Å²) >= 11 is 14.2. The Balaban J connectivity index is 1.86. The van der Waals surface area contributed by atoms with Crippen LogP contribution >= 0.6 is 35.0 Å². The molecule has 0 saturated heterocycles. The van der Waals surface area contributed by atoms with Gasteiger partial charge in [-0.3, -0.25) is 9.59 Å². The number of carbonyl (C=O) groups is 2. The minimum absolute atomic E-state index is 0.0914. The number of rotatable bonds is 12. The molecule has 3 rings (SSSR count). The molecule has 0 saturated carbocycles. The molecule has 0 heterocycles. The van der Waals surface area contributed by atoms with Gasteiger partial charge in [-0.1, -0.05) is 91.1 Å². The molecule has 1 N–H and O–H groups in total. The maximum Gasteiger partial charge on any atom is 0.243 e. The second-order valence-electron chi connectivity index (χ2n) is 9.51. The molecule has 3 aromatic rings. The normalized spacial score (nSPS) is 11.8. The molecule has 0 fully saturated rings. The van der Waals surface area contributed by atoms with E-state index in [0.717, 1.165) is 16.0 Å². The first-order valence-corrected chi connectivity index (χ1v) is 14.2. The smallest absolute Gasteiger partial charge is 0.243 e. The number of nitrogens with zero attached hydrogens (tertiary/aromatic N) is 1. The van der Waals surface area contributed by atoms with Crippen LogP contribution in [-0.4, -0.2) is 35.1 Å². The van der Waals surface area contributed by atoms with Crippen molar-refractivity contribution < 1.29 is 9.59 Å². The summed E-state index contributed by atoms with van der Waals surface area (Å²) in [5.41, 5.74) is 2.93. The molecule has 7 heteroatoms. The first kappa shape index (κ1) is 29.1. The predicted octanol–water partition coefficient (Wildman–Crippen LogP) is 7.20. The highest BCUT2D eigenvalue weighted by Gasteiger charge is 2.30. The van der Waals surface area contributed by atoms with E-state index in [0.29, 0.717) is 41.1 Å². The van der Waals surface area contributed by atoms with Crippen LogP contribution in [0.4, 0.5) is 0 Å². The zero-order valence-corrected chi connectivity index (χ0v) is 23.9. The maximum atomic E-state index is 13.7. The third kappa shape index (κ3) is 9.41. The van der Waals surface area contributed by atoms with Gasteiger partial charge in [0.15, 0.2) is 0 Å². The van der Waals surface area contributed by atoms with Crippen molar-refractivity contribution in [3.63, 3.8) is 0 Å². The van der Waals surface area contributed by atoms with E-state index in [1.54, 1.807) is 28.8 Å². The Kier molecular flexibility index (Phi) is 11.4. The molecule has 37 heavy (non-hydrogen) atoms. The molecule has 0 aromatic heterocycles. The van der Waals surface area contributed by atoms with Gasteiger partial charge in [0.2, 0.25) is 11.8 Å². The Morgan fingerprint density at radius 1 is 0.973 bits per heavy atom. The van der Waals surface area contributed by atoms with Crippen LogP contribution in [0.3, 0.4) is 0 Å². The number of benzene rings is 3. The van der Waals surface area contributed by atoms with E-state index in [-0.39, 0.29) is 18.4 Å². The van der Waals surface area contributed by atoms with E-state index in [1.807, 2.05) is 50.2 Å². The Bertz CT molecular complexity index is 1170. The van der Waals surface area contributed by atoms with Crippen molar-refractivity contribution in [1.82, 2.24) is 10.2 Å². The summed E-state index contributed by atoms with van der Waals surface area (Å²) in [6, 6.07) is 22.6. The third-order valence-electron chi connectivity index (χ3n) is 5.92. The van der Waals surface area contributed by atoms with Crippen LogP contribution in [0, 0.1) is 12.8 Å². The van der Waals surface area contributed by atoms with Gasteiger partial charge in [0.05, 0.1) is 0 Å². The Morgan fingerprint density at radius 3 is 2.32 bits per heavy atom. The van der Waals surface area contributed by atoms with E-state index in [4.69, 9.17) is 23.2 Å². The lowest BCUT2D eigenvalue weighted by atomic mass is 10.0. The lowest BCUT2D eigenvalue weighted by Crippen LogP contribution is -2.51. The Morgan fingerprint density at radius 2 is 1.68 bits per heavy atom. The van der Waals surface area contributed by atoms with E-state index >= 15 is 0 Å². The molecule has 1 atom stereocenters. The summed E-state index contributed by atoms with van der Waals surface area (Å²) in [7, 11) is 0. The van der Waals surface area contributed by atoms with E-state index in [9.17, 15) is 9.59 Å². The summed E-state index contributed by atoms with van der Waals surface area (Å²) < 4.78 is 0. The summed E-state index contributed by atoms with van der Waals surface area (Å²) in [5, 5.41) is 4.04. The van der Waals surface area contributed by atoms with Gasteiger partial charge in [0.25, 0.3) is 0 Å². The monoisotopic (exact) mass is 556 g/mol. The van der Waals surface area contributed by atoms with Gasteiger partial charge < -0.3 is 10.2 Å². The highest BCUT2D eigenvalue weighted by atomic mass is 35.5. The number of halogens is 2. The standard InChI is InChI=1S/C30H34Cl2N2O2S/c1-21(2)19-33-30(36)28(17-23-7-5-4-6-8-23)34(20-24-11-12-25(31)18-27(24)32)29(35)15-16-37-26-13-9-22(3)10-14-26/h4-14,18,21,28H,15-17,19-20H2,1-3H3,(H,33,36)/t28-/m0/s1. The minimum atomic E-state index is -0.676. The number of amides is 2. The van der Waals surface area contributed by atoms with Crippen molar-refractivity contribution in [3.05, 3.63) is 99.5 Å². The predicted molar refractivity (Wildman–Crippen MR) is 155 cm³/mol. The third-order valence-corrected chi connectivity index (χ3v) is 7.52. The van der Waals surface area contributed by atoms with Crippen molar-refractivity contribution in [1.29, 1.82) is 0 Å². The summed E-state index contributed by atoms with van der Waals surface area (Å²) in [6.45, 7) is 6.90. The molecule has 0 radical (unpaired) electrons. The lowest BCUT2D eigenvalue weighted by Gasteiger charge is -2.32. The van der Waals surface area contributed by atoms with Crippen molar-refractivity contribution in [3.8, 4) is 0 Å². The van der Waals surface area contributed by atoms with Crippen LogP contribution in [0.5, 0.6) is 0 Å². The van der Waals surface area contributed by atoms with E-state index in [1.165, 1.54) is 5.56 Å². The van der Waals surface area contributed by atoms with Crippen molar-refractivity contribution >= 4 is 46.8 Å². The molecule has 0 spiro atoms. The first-order valence-electron chi connectivity index (χ1n) is 12.5. The summed E-state index contributed by atoms with van der Waals surface area (Å²) in [6.07, 6.45) is 0.708. The molecule has 196 valence electrons. The molecule has 0 bridgehead atoms. The van der Waals surface area contributed by atoms with Gasteiger partial charge in [-0.25, -0.2) is 0 Å². The van der Waals surface area contributed by atoms with Crippen LogP contribution in [0.2, 0.25) is 10.0 Å². The fraction of sp³-hybridized carbons (Fsp3) is 0.333. The average Bonchev–Trinajstić information content (AvgIpc) is 2.87. The van der Waals surface area contributed by atoms with E-state index in [2.05, 4.69) is 36.5 Å². The van der Waals surface area contributed by atoms with Gasteiger partial charge >= 0.3 is 0 Å². The van der Waals surface area contributed by atoms with Gasteiger partial charge in [-0.15, -0.1) is 11.8 Å². The van der Waals surface area contributed by atoms with Gasteiger partial charge in [-0.05, 0) is 48.2 Å². The molecular weight excluding hydrogens is 523 g/mol. The fourth-order valence-electron chi connectivity index (χ4n) is 3.84. The Labute approximate surface area is 234 Å². The number of hydrogen-bond donors (Lipinski definition) is 1. The topological polar surface area (TPSA) is 49.4 Å². The van der Waals surface area contributed by atoms with Crippen LogP contribution in [0.25, 0.3) is 0 Å². The van der Waals surface area contributed by atoms with Crippen LogP contribution < -0.4 is 5.32 Å². The minimum Gasteiger partial charge on any atom is -0.354 e. The molecule has 4 nitrogen and oxygen atoms in total. The number of nitrogens with one attached hydrogen (secondary N) is 1. The summed E-state index contributed by atoms with van der Waals surface area (Å²) in [4.78, 5) is 30.0. The number of aryl methyl sites for hydroxylation is 1. The molecule has 0 aliphatic rings.